The summed E-state index contributed by atoms with van der Waals surface area (Å²) in [4.78, 5) is 28.9. The number of hydrogen-bond donors (Lipinski definition) is 2. The lowest BCUT2D eigenvalue weighted by molar-refractivity contribution is -0.123. The molecule has 2 N–H and O–H groups in total. The SMILES string of the molecule is Cc1ccc(C(=O)NC2CCN(CC(=O)NC(c3ccc(F)cc3)C(C)C)CC2)s1. The van der Waals surface area contributed by atoms with Gasteiger partial charge < -0.3 is 10.6 Å². The van der Waals surface area contributed by atoms with Crippen molar-refractivity contribution >= 4 is 23.2 Å². The van der Waals surface area contributed by atoms with Crippen LogP contribution >= 0.6 is 11.3 Å². The van der Waals surface area contributed by atoms with Crippen LogP contribution in [-0.4, -0.2) is 42.4 Å². The molecule has 5 nitrogen and oxygen atoms in total. The standard InChI is InChI=1S/C23H30FN3O2S/c1-15(2)22(17-5-7-18(24)8-6-17)26-21(28)14-27-12-10-19(11-13-27)25-23(29)20-9-4-16(3)30-20/h4-9,15,19,22H,10-14H2,1-3H3,(H,25,29)(H,26,28). The Balaban J connectivity index is 1.46. The van der Waals surface area contributed by atoms with Gasteiger partial charge in [0.1, 0.15) is 5.82 Å². The number of carbonyl (C=O) groups is 2. The van der Waals surface area contributed by atoms with Gasteiger partial charge >= 0.3 is 0 Å². The number of rotatable bonds is 7. The molecule has 0 spiro atoms. The van der Waals surface area contributed by atoms with E-state index in [0.29, 0.717) is 6.54 Å². The number of nitrogens with zero attached hydrogens (tertiary/aromatic N) is 1. The minimum atomic E-state index is -0.281. The van der Waals surface area contributed by atoms with Gasteiger partial charge in [-0.2, -0.15) is 0 Å². The van der Waals surface area contributed by atoms with Crippen LogP contribution in [0, 0.1) is 18.7 Å². The fourth-order valence-electron chi connectivity index (χ4n) is 3.78. The predicted molar refractivity (Wildman–Crippen MR) is 118 cm³/mol. The van der Waals surface area contributed by atoms with Gasteiger partial charge in [-0.1, -0.05) is 26.0 Å². The summed E-state index contributed by atoms with van der Waals surface area (Å²) >= 11 is 1.50. The fourth-order valence-corrected chi connectivity index (χ4v) is 4.55. The normalized spacial score (nSPS) is 16.4. The first-order chi connectivity index (χ1) is 14.3. The molecule has 0 radical (unpaired) electrons. The lowest BCUT2D eigenvalue weighted by atomic mass is 9.96. The number of nitrogens with one attached hydrogen (secondary N) is 2. The molecule has 1 atom stereocenters. The quantitative estimate of drug-likeness (QED) is 0.699. The highest BCUT2D eigenvalue weighted by molar-refractivity contribution is 7.13. The van der Waals surface area contributed by atoms with Crippen molar-refractivity contribution in [3.63, 3.8) is 0 Å². The average molecular weight is 432 g/mol. The molecule has 0 aliphatic carbocycles. The molecular weight excluding hydrogens is 401 g/mol. The summed E-state index contributed by atoms with van der Waals surface area (Å²) in [5.74, 6) is -0.129. The third-order valence-electron chi connectivity index (χ3n) is 5.47. The molecule has 162 valence electrons. The van der Waals surface area contributed by atoms with E-state index >= 15 is 0 Å². The lowest BCUT2D eigenvalue weighted by Crippen LogP contribution is -2.47. The molecule has 1 unspecified atom stereocenters. The van der Waals surface area contributed by atoms with E-state index in [9.17, 15) is 14.0 Å². The molecule has 3 rings (SSSR count). The average Bonchev–Trinajstić information content (AvgIpc) is 3.15. The number of amides is 2. The number of likely N-dealkylation sites (tertiary alicyclic amines) is 1. The zero-order valence-corrected chi connectivity index (χ0v) is 18.6. The molecular formula is C23H30FN3O2S. The van der Waals surface area contributed by atoms with Crippen LogP contribution in [0.1, 0.15) is 52.8 Å². The molecule has 30 heavy (non-hydrogen) atoms. The van der Waals surface area contributed by atoms with Gasteiger partial charge in [-0.05, 0) is 55.5 Å². The van der Waals surface area contributed by atoms with Crippen LogP contribution in [0.15, 0.2) is 36.4 Å². The first-order valence-corrected chi connectivity index (χ1v) is 11.3. The van der Waals surface area contributed by atoms with Crippen LogP contribution in [0.4, 0.5) is 4.39 Å². The van der Waals surface area contributed by atoms with Crippen LogP contribution in [0.2, 0.25) is 0 Å². The number of piperidine rings is 1. The molecule has 2 aromatic rings. The summed E-state index contributed by atoms with van der Waals surface area (Å²) in [5, 5.41) is 6.20. The summed E-state index contributed by atoms with van der Waals surface area (Å²) in [6.45, 7) is 7.94. The Morgan fingerprint density at radius 1 is 1.13 bits per heavy atom. The van der Waals surface area contributed by atoms with Gasteiger partial charge in [0.05, 0.1) is 17.5 Å². The van der Waals surface area contributed by atoms with Gasteiger partial charge in [-0.25, -0.2) is 4.39 Å². The Hall–Kier alpha value is -2.25. The van der Waals surface area contributed by atoms with Crippen molar-refractivity contribution in [2.24, 2.45) is 5.92 Å². The minimum Gasteiger partial charge on any atom is -0.349 e. The predicted octanol–water partition coefficient (Wildman–Crippen LogP) is 3.90. The maximum absolute atomic E-state index is 13.2. The molecule has 1 fully saturated rings. The molecule has 2 amide bonds. The summed E-state index contributed by atoms with van der Waals surface area (Å²) in [7, 11) is 0. The highest BCUT2D eigenvalue weighted by atomic mass is 32.1. The Morgan fingerprint density at radius 2 is 1.80 bits per heavy atom. The van der Waals surface area contributed by atoms with Gasteiger partial charge in [0.25, 0.3) is 5.91 Å². The van der Waals surface area contributed by atoms with E-state index in [1.54, 1.807) is 12.1 Å². The second-order valence-electron chi connectivity index (χ2n) is 8.27. The molecule has 1 aliphatic heterocycles. The van der Waals surface area contributed by atoms with Gasteiger partial charge in [0.2, 0.25) is 5.91 Å². The monoisotopic (exact) mass is 431 g/mol. The van der Waals surface area contributed by atoms with Crippen molar-refractivity contribution in [1.82, 2.24) is 15.5 Å². The van der Waals surface area contributed by atoms with Crippen molar-refractivity contribution in [1.29, 1.82) is 0 Å². The Kier molecular flexibility index (Phi) is 7.61. The van der Waals surface area contributed by atoms with E-state index in [4.69, 9.17) is 0 Å². The number of hydrogen-bond acceptors (Lipinski definition) is 4. The second-order valence-corrected chi connectivity index (χ2v) is 9.56. The van der Waals surface area contributed by atoms with Gasteiger partial charge in [-0.3, -0.25) is 14.5 Å². The zero-order valence-electron chi connectivity index (χ0n) is 17.8. The molecule has 1 saturated heterocycles. The number of halogens is 1. The molecule has 0 bridgehead atoms. The van der Waals surface area contributed by atoms with Gasteiger partial charge in [0.15, 0.2) is 0 Å². The van der Waals surface area contributed by atoms with Crippen LogP contribution in [-0.2, 0) is 4.79 Å². The van der Waals surface area contributed by atoms with E-state index in [1.165, 1.54) is 23.5 Å². The first-order valence-electron chi connectivity index (χ1n) is 10.5. The van der Waals surface area contributed by atoms with E-state index in [0.717, 1.165) is 41.2 Å². The summed E-state index contributed by atoms with van der Waals surface area (Å²) in [6.07, 6.45) is 1.66. The Morgan fingerprint density at radius 3 is 2.37 bits per heavy atom. The lowest BCUT2D eigenvalue weighted by Gasteiger charge is -2.32. The van der Waals surface area contributed by atoms with E-state index in [-0.39, 0.29) is 35.6 Å². The maximum Gasteiger partial charge on any atom is 0.261 e. The molecule has 2 heterocycles. The summed E-state index contributed by atoms with van der Waals surface area (Å²) in [6, 6.07) is 10.1. The Bertz CT molecular complexity index is 858. The van der Waals surface area contributed by atoms with Crippen LogP contribution in [0.5, 0.6) is 0 Å². The van der Waals surface area contributed by atoms with Crippen LogP contribution in [0.25, 0.3) is 0 Å². The number of benzene rings is 1. The van der Waals surface area contributed by atoms with Crippen molar-refractivity contribution in [2.45, 2.75) is 45.7 Å². The van der Waals surface area contributed by atoms with Crippen LogP contribution in [0.3, 0.4) is 0 Å². The Labute approximate surface area is 181 Å². The third kappa shape index (κ3) is 6.12. The van der Waals surface area contributed by atoms with E-state index in [2.05, 4.69) is 15.5 Å². The second kappa shape index (κ2) is 10.2. The van der Waals surface area contributed by atoms with Crippen molar-refractivity contribution < 1.29 is 14.0 Å². The fraction of sp³-hybridized carbons (Fsp3) is 0.478. The third-order valence-corrected chi connectivity index (χ3v) is 6.47. The smallest absolute Gasteiger partial charge is 0.261 e. The number of carbonyl (C=O) groups excluding carboxylic acids is 2. The van der Waals surface area contributed by atoms with Gasteiger partial charge in [0, 0.05) is 24.0 Å². The zero-order chi connectivity index (χ0) is 21.7. The molecule has 1 aliphatic rings. The van der Waals surface area contributed by atoms with Crippen molar-refractivity contribution in [3.05, 3.63) is 57.5 Å². The first kappa shape index (κ1) is 22.4. The molecule has 1 aromatic carbocycles. The highest BCUT2D eigenvalue weighted by Gasteiger charge is 2.24. The largest absolute Gasteiger partial charge is 0.349 e. The molecule has 0 saturated carbocycles. The van der Waals surface area contributed by atoms with Crippen molar-refractivity contribution in [2.75, 3.05) is 19.6 Å². The van der Waals surface area contributed by atoms with Crippen molar-refractivity contribution in [3.8, 4) is 0 Å². The topological polar surface area (TPSA) is 61.4 Å². The van der Waals surface area contributed by atoms with E-state index < -0.39 is 0 Å². The highest BCUT2D eigenvalue weighted by Crippen LogP contribution is 2.22. The number of thiophene rings is 1. The van der Waals surface area contributed by atoms with E-state index in [1.807, 2.05) is 32.9 Å². The molecule has 1 aromatic heterocycles. The summed E-state index contributed by atoms with van der Waals surface area (Å²) in [5.41, 5.74) is 0.907. The number of aryl methyl sites for hydroxylation is 1. The summed E-state index contributed by atoms with van der Waals surface area (Å²) < 4.78 is 13.2. The van der Waals surface area contributed by atoms with Gasteiger partial charge in [-0.15, -0.1) is 11.3 Å². The maximum atomic E-state index is 13.2. The molecule has 7 heteroatoms. The van der Waals surface area contributed by atoms with Crippen LogP contribution < -0.4 is 10.6 Å². The minimum absolute atomic E-state index is 0.0108.